The van der Waals surface area contributed by atoms with Crippen LogP contribution in [-0.4, -0.2) is 9.78 Å². The Kier molecular flexibility index (Phi) is 3.38. The molecule has 0 saturated heterocycles. The number of unbranched alkanes of at least 4 members (excludes halogenated alkanes) is 1. The van der Waals surface area contributed by atoms with Gasteiger partial charge in [0.25, 0.3) is 5.56 Å². The number of aromatic nitrogens is 2. The van der Waals surface area contributed by atoms with Gasteiger partial charge in [-0.3, -0.25) is 14.6 Å². The molecule has 0 fully saturated rings. The fourth-order valence-corrected chi connectivity index (χ4v) is 1.43. The molecule has 4 heteroatoms. The van der Waals surface area contributed by atoms with Crippen LogP contribution in [0.1, 0.15) is 45.2 Å². The predicted octanol–water partition coefficient (Wildman–Crippen LogP) is 1.68. The maximum atomic E-state index is 11.6. The fourth-order valence-electron chi connectivity index (χ4n) is 1.43. The van der Waals surface area contributed by atoms with E-state index in [1.165, 1.54) is 0 Å². The van der Waals surface area contributed by atoms with E-state index >= 15 is 0 Å². The topological polar surface area (TPSA) is 63.8 Å². The lowest BCUT2D eigenvalue weighted by molar-refractivity contribution is 0.548. The first kappa shape index (κ1) is 10.9. The van der Waals surface area contributed by atoms with Gasteiger partial charge in [-0.25, -0.2) is 0 Å². The quantitative estimate of drug-likeness (QED) is 0.771. The molecule has 0 radical (unpaired) electrons. The Balaban J connectivity index is 2.97. The van der Waals surface area contributed by atoms with Gasteiger partial charge < -0.3 is 5.73 Å². The standard InChI is InChI=1S/C10H19N3O/c1-4-5-6-13-10(14)8(11)9(12-13)7(2)3/h7,12H,4-6,11H2,1-3H3. The number of rotatable bonds is 4. The highest BCUT2D eigenvalue weighted by molar-refractivity contribution is 5.42. The second kappa shape index (κ2) is 4.35. The van der Waals surface area contributed by atoms with E-state index in [-0.39, 0.29) is 11.5 Å². The summed E-state index contributed by atoms with van der Waals surface area (Å²) in [4.78, 5) is 11.6. The summed E-state index contributed by atoms with van der Waals surface area (Å²) < 4.78 is 1.61. The molecule has 80 valence electrons. The Bertz CT molecular complexity index is 349. The summed E-state index contributed by atoms with van der Waals surface area (Å²) in [6.07, 6.45) is 2.07. The van der Waals surface area contributed by atoms with E-state index in [4.69, 9.17) is 5.73 Å². The summed E-state index contributed by atoms with van der Waals surface area (Å²) in [5, 5.41) is 3.06. The number of nitrogens with zero attached hydrogens (tertiary/aromatic N) is 1. The number of anilines is 1. The van der Waals surface area contributed by atoms with Crippen molar-refractivity contribution in [3.8, 4) is 0 Å². The molecule has 0 aliphatic carbocycles. The van der Waals surface area contributed by atoms with Crippen LogP contribution in [0.3, 0.4) is 0 Å². The van der Waals surface area contributed by atoms with Gasteiger partial charge in [0.1, 0.15) is 5.69 Å². The molecule has 3 N–H and O–H groups in total. The Morgan fingerprint density at radius 1 is 1.50 bits per heavy atom. The predicted molar refractivity (Wildman–Crippen MR) is 58.5 cm³/mol. The molecule has 0 spiro atoms. The third kappa shape index (κ3) is 2.00. The molecule has 1 aromatic rings. The van der Waals surface area contributed by atoms with Crippen LogP contribution in [0.15, 0.2) is 4.79 Å². The first-order chi connectivity index (χ1) is 6.57. The number of nitrogens with two attached hydrogens (primary N) is 1. The van der Waals surface area contributed by atoms with Crippen molar-refractivity contribution >= 4 is 5.69 Å². The van der Waals surface area contributed by atoms with Crippen LogP contribution in [0.5, 0.6) is 0 Å². The normalized spacial score (nSPS) is 11.1. The van der Waals surface area contributed by atoms with Gasteiger partial charge in [-0.2, -0.15) is 0 Å². The van der Waals surface area contributed by atoms with Crippen LogP contribution < -0.4 is 11.3 Å². The molecule has 1 aromatic heterocycles. The highest BCUT2D eigenvalue weighted by atomic mass is 16.1. The first-order valence-corrected chi connectivity index (χ1v) is 5.16. The van der Waals surface area contributed by atoms with Crippen molar-refractivity contribution in [2.75, 3.05) is 5.73 Å². The molecule has 0 unspecified atom stereocenters. The Labute approximate surface area is 84.1 Å². The molecule has 0 aromatic carbocycles. The van der Waals surface area contributed by atoms with E-state index in [0.29, 0.717) is 5.69 Å². The van der Waals surface area contributed by atoms with Gasteiger partial charge >= 0.3 is 0 Å². The van der Waals surface area contributed by atoms with Crippen LogP contribution in [0.2, 0.25) is 0 Å². The molecule has 0 amide bonds. The van der Waals surface area contributed by atoms with E-state index in [1.807, 2.05) is 13.8 Å². The Morgan fingerprint density at radius 3 is 2.57 bits per heavy atom. The molecule has 0 bridgehead atoms. The molecule has 0 saturated carbocycles. The van der Waals surface area contributed by atoms with Crippen molar-refractivity contribution in [3.05, 3.63) is 16.0 Å². The maximum Gasteiger partial charge on any atom is 0.289 e. The number of aromatic amines is 1. The molecule has 4 nitrogen and oxygen atoms in total. The number of aryl methyl sites for hydroxylation is 1. The van der Waals surface area contributed by atoms with E-state index in [2.05, 4.69) is 12.0 Å². The molecular formula is C10H19N3O. The molecule has 1 heterocycles. The van der Waals surface area contributed by atoms with Crippen molar-refractivity contribution < 1.29 is 0 Å². The molecule has 0 aliphatic rings. The fraction of sp³-hybridized carbons (Fsp3) is 0.700. The van der Waals surface area contributed by atoms with Crippen LogP contribution >= 0.6 is 0 Å². The van der Waals surface area contributed by atoms with Gasteiger partial charge in [0, 0.05) is 6.54 Å². The molecule has 14 heavy (non-hydrogen) atoms. The second-order valence-electron chi connectivity index (χ2n) is 3.90. The smallest absolute Gasteiger partial charge is 0.289 e. The number of hydrogen-bond acceptors (Lipinski definition) is 2. The molecule has 0 aliphatic heterocycles. The zero-order valence-corrected chi connectivity index (χ0v) is 9.13. The Morgan fingerprint density at radius 2 is 2.14 bits per heavy atom. The van der Waals surface area contributed by atoms with Gasteiger partial charge in [0.05, 0.1) is 5.69 Å². The average Bonchev–Trinajstić information content (AvgIpc) is 2.42. The maximum absolute atomic E-state index is 11.6. The van der Waals surface area contributed by atoms with Crippen LogP contribution in [0.4, 0.5) is 5.69 Å². The largest absolute Gasteiger partial charge is 0.393 e. The van der Waals surface area contributed by atoms with Gasteiger partial charge in [-0.05, 0) is 12.3 Å². The van der Waals surface area contributed by atoms with Gasteiger partial charge in [-0.15, -0.1) is 0 Å². The summed E-state index contributed by atoms with van der Waals surface area (Å²) >= 11 is 0. The van der Waals surface area contributed by atoms with Gasteiger partial charge in [0.15, 0.2) is 0 Å². The molecular weight excluding hydrogens is 178 g/mol. The van der Waals surface area contributed by atoms with Crippen LogP contribution in [0, 0.1) is 0 Å². The van der Waals surface area contributed by atoms with E-state index in [9.17, 15) is 4.79 Å². The zero-order valence-electron chi connectivity index (χ0n) is 9.13. The second-order valence-corrected chi connectivity index (χ2v) is 3.90. The number of hydrogen-bond donors (Lipinski definition) is 2. The summed E-state index contributed by atoms with van der Waals surface area (Å²) in [6.45, 7) is 6.87. The SMILES string of the molecule is CCCCn1[nH]c(C(C)C)c(N)c1=O. The monoisotopic (exact) mass is 197 g/mol. The minimum absolute atomic E-state index is 0.0813. The lowest BCUT2D eigenvalue weighted by atomic mass is 10.1. The third-order valence-electron chi connectivity index (χ3n) is 2.33. The van der Waals surface area contributed by atoms with Crippen molar-refractivity contribution in [1.82, 2.24) is 9.78 Å². The summed E-state index contributed by atoms with van der Waals surface area (Å²) in [7, 11) is 0. The lowest BCUT2D eigenvalue weighted by Gasteiger charge is -2.02. The van der Waals surface area contributed by atoms with E-state index in [1.54, 1.807) is 4.68 Å². The van der Waals surface area contributed by atoms with Crippen molar-refractivity contribution in [1.29, 1.82) is 0 Å². The highest BCUT2D eigenvalue weighted by Crippen LogP contribution is 2.15. The van der Waals surface area contributed by atoms with Gasteiger partial charge in [0.2, 0.25) is 0 Å². The van der Waals surface area contributed by atoms with Crippen molar-refractivity contribution in [2.24, 2.45) is 0 Å². The summed E-state index contributed by atoms with van der Waals surface area (Å²) in [5.74, 6) is 0.269. The lowest BCUT2D eigenvalue weighted by Crippen LogP contribution is -2.18. The number of nitrogens with one attached hydrogen (secondary N) is 1. The minimum Gasteiger partial charge on any atom is -0.393 e. The minimum atomic E-state index is -0.0813. The van der Waals surface area contributed by atoms with E-state index in [0.717, 1.165) is 25.1 Å². The van der Waals surface area contributed by atoms with Gasteiger partial charge in [-0.1, -0.05) is 27.2 Å². The zero-order chi connectivity index (χ0) is 10.7. The third-order valence-corrected chi connectivity index (χ3v) is 2.33. The van der Waals surface area contributed by atoms with Crippen LogP contribution in [-0.2, 0) is 6.54 Å². The van der Waals surface area contributed by atoms with Crippen molar-refractivity contribution in [3.63, 3.8) is 0 Å². The van der Waals surface area contributed by atoms with Crippen molar-refractivity contribution in [2.45, 2.75) is 46.1 Å². The summed E-state index contributed by atoms with van der Waals surface area (Å²) in [6, 6.07) is 0. The number of H-pyrrole nitrogens is 1. The average molecular weight is 197 g/mol. The first-order valence-electron chi connectivity index (χ1n) is 5.16. The Hall–Kier alpha value is -1.19. The molecule has 0 atom stereocenters. The van der Waals surface area contributed by atoms with E-state index < -0.39 is 0 Å². The highest BCUT2D eigenvalue weighted by Gasteiger charge is 2.12. The summed E-state index contributed by atoms with van der Waals surface area (Å²) in [5.41, 5.74) is 6.85. The number of nitrogen functional groups attached to an aromatic ring is 1. The molecule has 1 rings (SSSR count). The van der Waals surface area contributed by atoms with Crippen LogP contribution in [0.25, 0.3) is 0 Å².